The van der Waals surface area contributed by atoms with Crippen LogP contribution in [0.2, 0.25) is 0 Å². The Balaban J connectivity index is 0.000000455. The van der Waals surface area contributed by atoms with Crippen molar-refractivity contribution < 1.29 is 29.6 Å². The van der Waals surface area contributed by atoms with Gasteiger partial charge in [0.25, 0.3) is 0 Å². The fourth-order valence-corrected chi connectivity index (χ4v) is 2.42. The van der Waals surface area contributed by atoms with Gasteiger partial charge < -0.3 is 20.1 Å². The molecule has 3 N–H and O–H groups in total. The Morgan fingerprint density at radius 1 is 0.862 bits per heavy atom. The van der Waals surface area contributed by atoms with E-state index < -0.39 is 0 Å². The van der Waals surface area contributed by atoms with E-state index in [2.05, 4.69) is 29.8 Å². The molecule has 0 saturated heterocycles. The third kappa shape index (κ3) is 10.5. The van der Waals surface area contributed by atoms with Crippen LogP contribution in [0.25, 0.3) is 0 Å². The van der Waals surface area contributed by atoms with Gasteiger partial charge in [-0.25, -0.2) is 0 Å². The number of unbranched alkanes of at least 4 members (excludes halogenated alkanes) is 2. The van der Waals surface area contributed by atoms with Crippen molar-refractivity contribution in [3.8, 4) is 23.0 Å². The molecule has 2 aromatic rings. The minimum Gasteiger partial charge on any atom is -0.504 e. The number of halogens is 1. The van der Waals surface area contributed by atoms with Crippen LogP contribution in [-0.2, 0) is 0 Å². The highest BCUT2D eigenvalue weighted by molar-refractivity contribution is 9.09. The fraction of sp³-hybridized carbons (Fsp3) is 0.364. The van der Waals surface area contributed by atoms with Gasteiger partial charge in [-0.1, -0.05) is 54.8 Å². The number of hydrogen-bond donors (Lipinski definition) is 3. The Kier molecular flexibility index (Phi) is 15.0. The van der Waals surface area contributed by atoms with Crippen molar-refractivity contribution in [2.75, 3.05) is 11.9 Å². The van der Waals surface area contributed by atoms with Crippen molar-refractivity contribution in [2.24, 2.45) is 0 Å². The molecule has 0 atom stereocenters. The number of aldehydes is 2. The Morgan fingerprint density at radius 3 is 1.86 bits per heavy atom. The zero-order valence-corrected chi connectivity index (χ0v) is 18.4. The molecule has 0 aliphatic heterocycles. The maximum absolute atomic E-state index is 10.5. The lowest BCUT2D eigenvalue weighted by Gasteiger charge is -2.07. The molecule has 0 saturated carbocycles. The Morgan fingerprint density at radius 2 is 1.41 bits per heavy atom. The second-order valence-corrected chi connectivity index (χ2v) is 6.68. The molecule has 0 aromatic heterocycles. The number of carbonyl (C=O) groups excluding carboxylic acids is 2. The minimum atomic E-state index is -0.363. The van der Waals surface area contributed by atoms with Gasteiger partial charge in [-0.2, -0.15) is 0 Å². The summed E-state index contributed by atoms with van der Waals surface area (Å²) >= 11 is 3.31. The molecule has 0 unspecified atom stereocenters. The number of rotatable bonds is 8. The molecule has 0 heterocycles. The van der Waals surface area contributed by atoms with Gasteiger partial charge in [0, 0.05) is 5.33 Å². The van der Waals surface area contributed by atoms with Crippen molar-refractivity contribution in [2.45, 2.75) is 39.5 Å². The van der Waals surface area contributed by atoms with Crippen LogP contribution >= 0.6 is 15.9 Å². The maximum atomic E-state index is 10.5. The first-order chi connectivity index (χ1) is 14.0. The first-order valence-corrected chi connectivity index (χ1v) is 10.5. The molecule has 0 radical (unpaired) electrons. The number of para-hydroxylation sites is 2. The number of phenols is 3. The van der Waals surface area contributed by atoms with Gasteiger partial charge in [-0.3, -0.25) is 9.59 Å². The zero-order valence-electron chi connectivity index (χ0n) is 16.8. The van der Waals surface area contributed by atoms with Gasteiger partial charge in [-0.15, -0.1) is 0 Å². The van der Waals surface area contributed by atoms with Gasteiger partial charge in [0.15, 0.2) is 35.6 Å². The van der Waals surface area contributed by atoms with Crippen LogP contribution in [0.3, 0.4) is 0 Å². The van der Waals surface area contributed by atoms with Crippen molar-refractivity contribution >= 4 is 28.5 Å². The zero-order chi connectivity index (χ0) is 22.1. The lowest BCUT2D eigenvalue weighted by atomic mass is 10.2. The SMILES string of the molecule is CCCCBr.CCCCOc1cccc(C=O)c1O.O=Cc1cccc(O)c1O. The lowest BCUT2D eigenvalue weighted by molar-refractivity contribution is 0.111. The van der Waals surface area contributed by atoms with Crippen LogP contribution in [0.4, 0.5) is 0 Å². The number of benzene rings is 2. The number of phenolic OH excluding ortho intramolecular Hbond substituents is 3. The number of carbonyl (C=O) groups is 2. The third-order valence-corrected chi connectivity index (χ3v) is 4.13. The Labute approximate surface area is 180 Å². The average molecular weight is 469 g/mol. The third-order valence-electron chi connectivity index (χ3n) is 3.57. The number of hydrogen-bond acceptors (Lipinski definition) is 6. The predicted molar refractivity (Wildman–Crippen MR) is 118 cm³/mol. The monoisotopic (exact) mass is 468 g/mol. The summed E-state index contributed by atoms with van der Waals surface area (Å²) in [7, 11) is 0. The van der Waals surface area contributed by atoms with Crippen LogP contribution in [0.5, 0.6) is 23.0 Å². The van der Waals surface area contributed by atoms with Gasteiger partial charge in [-0.05, 0) is 37.1 Å². The normalized spacial score (nSPS) is 9.34. The molecule has 0 fully saturated rings. The van der Waals surface area contributed by atoms with Gasteiger partial charge in [0.05, 0.1) is 17.7 Å². The van der Waals surface area contributed by atoms with Gasteiger partial charge in [0.2, 0.25) is 0 Å². The molecule has 29 heavy (non-hydrogen) atoms. The molecule has 0 spiro atoms. The van der Waals surface area contributed by atoms with E-state index in [0.717, 1.165) is 18.2 Å². The standard InChI is InChI=1S/C11H14O3.C7H6O3.C4H9Br/c1-2-3-7-14-10-6-4-5-9(8-12)11(10)13;8-4-5-2-1-3-6(9)7(5)10;1-2-3-4-5/h4-6,8,13H,2-3,7H2,1H3;1-4,9-10H;2-4H2,1H3. The summed E-state index contributed by atoms with van der Waals surface area (Å²) in [4.78, 5) is 20.6. The number of ether oxygens (including phenoxy) is 1. The van der Waals surface area contributed by atoms with Crippen LogP contribution in [0.1, 0.15) is 60.2 Å². The van der Waals surface area contributed by atoms with Crippen LogP contribution in [0, 0.1) is 0 Å². The molecule has 160 valence electrons. The summed E-state index contributed by atoms with van der Waals surface area (Å²) in [6.07, 6.45) is 5.67. The van der Waals surface area contributed by atoms with Crippen LogP contribution in [0.15, 0.2) is 36.4 Å². The summed E-state index contributed by atoms with van der Waals surface area (Å²) in [5.41, 5.74) is 0.360. The minimum absolute atomic E-state index is 0.0707. The number of alkyl halides is 1. The van der Waals surface area contributed by atoms with Gasteiger partial charge in [0.1, 0.15) is 0 Å². The lowest BCUT2D eigenvalue weighted by Crippen LogP contribution is -1.97. The summed E-state index contributed by atoms with van der Waals surface area (Å²) in [5, 5.41) is 28.4. The highest BCUT2D eigenvalue weighted by atomic mass is 79.9. The second-order valence-electron chi connectivity index (χ2n) is 5.89. The highest BCUT2D eigenvalue weighted by Crippen LogP contribution is 2.28. The van der Waals surface area contributed by atoms with Gasteiger partial charge >= 0.3 is 0 Å². The van der Waals surface area contributed by atoms with E-state index >= 15 is 0 Å². The predicted octanol–water partition coefficient (Wildman–Crippen LogP) is 5.48. The number of aromatic hydroxyl groups is 3. The topological polar surface area (TPSA) is 104 Å². The summed E-state index contributed by atoms with van der Waals surface area (Å²) in [6.45, 7) is 4.80. The molecule has 6 nitrogen and oxygen atoms in total. The van der Waals surface area contributed by atoms with Crippen LogP contribution in [-0.4, -0.2) is 39.8 Å². The van der Waals surface area contributed by atoms with E-state index in [9.17, 15) is 14.7 Å². The molecule has 0 aliphatic rings. The smallest absolute Gasteiger partial charge is 0.168 e. The summed E-state index contributed by atoms with van der Waals surface area (Å²) < 4.78 is 5.31. The molecule has 2 rings (SSSR count). The van der Waals surface area contributed by atoms with E-state index in [0.29, 0.717) is 24.9 Å². The fourth-order valence-electron chi connectivity index (χ4n) is 1.85. The molecular formula is C22H29BrO6. The Bertz CT molecular complexity index is 731. The summed E-state index contributed by atoms with van der Waals surface area (Å²) in [6, 6.07) is 9.10. The van der Waals surface area contributed by atoms with Crippen molar-refractivity contribution in [1.82, 2.24) is 0 Å². The molecule has 0 amide bonds. The largest absolute Gasteiger partial charge is 0.504 e. The molecule has 2 aromatic carbocycles. The summed E-state index contributed by atoms with van der Waals surface area (Å²) in [5.74, 6) is -0.330. The highest BCUT2D eigenvalue weighted by Gasteiger charge is 2.06. The van der Waals surface area contributed by atoms with Crippen LogP contribution < -0.4 is 4.74 Å². The van der Waals surface area contributed by atoms with E-state index in [1.54, 1.807) is 18.2 Å². The molecule has 0 aliphatic carbocycles. The van der Waals surface area contributed by atoms with Crippen molar-refractivity contribution in [1.29, 1.82) is 0 Å². The molecule has 0 bridgehead atoms. The van der Waals surface area contributed by atoms with Crippen molar-refractivity contribution in [3.05, 3.63) is 47.5 Å². The molecule has 7 heteroatoms. The van der Waals surface area contributed by atoms with E-state index in [4.69, 9.17) is 14.9 Å². The quantitative estimate of drug-likeness (QED) is 0.205. The second kappa shape index (κ2) is 16.4. The first-order valence-electron chi connectivity index (χ1n) is 9.38. The first kappa shape index (κ1) is 26.5. The Hall–Kier alpha value is -2.54. The van der Waals surface area contributed by atoms with E-state index in [1.807, 2.05) is 0 Å². The van der Waals surface area contributed by atoms with E-state index in [1.165, 1.54) is 31.0 Å². The maximum Gasteiger partial charge on any atom is 0.168 e. The van der Waals surface area contributed by atoms with E-state index in [-0.39, 0.29) is 28.4 Å². The average Bonchev–Trinajstić information content (AvgIpc) is 2.73. The molecular weight excluding hydrogens is 440 g/mol. The van der Waals surface area contributed by atoms with Crippen molar-refractivity contribution in [3.63, 3.8) is 0 Å².